The highest BCUT2D eigenvalue weighted by molar-refractivity contribution is 7.81. The number of para-hydroxylation sites is 1. The monoisotopic (exact) mass is 370 g/mol. The molecule has 4 heteroatoms. The van der Waals surface area contributed by atoms with E-state index in [-0.39, 0.29) is 0 Å². The van der Waals surface area contributed by atoms with Crippen molar-refractivity contribution in [2.75, 3.05) is 0 Å². The van der Waals surface area contributed by atoms with Crippen molar-refractivity contribution in [2.45, 2.75) is 0 Å². The largest absolute Gasteiger partial charge is 0.227 e. The van der Waals surface area contributed by atoms with Crippen LogP contribution in [-0.4, -0.2) is 19.7 Å². The van der Waals surface area contributed by atoms with Crippen molar-refractivity contribution in [2.24, 2.45) is 0 Å². The molecule has 4 aromatic rings. The topological polar surface area (TPSA) is 25.8 Å². The zero-order chi connectivity index (χ0) is 17.9. The number of aromatic nitrogens is 2. The average Bonchev–Trinajstić information content (AvgIpc) is 2.73. The molecule has 0 spiro atoms. The number of benzene rings is 3. The van der Waals surface area contributed by atoms with Gasteiger partial charge in [-0.15, -0.1) is 0 Å². The van der Waals surface area contributed by atoms with Crippen molar-refractivity contribution in [1.82, 2.24) is 9.97 Å². The summed E-state index contributed by atoms with van der Waals surface area (Å²) in [6, 6.07) is 27.6. The maximum Gasteiger partial charge on any atom is 0.172 e. The van der Waals surface area contributed by atoms with Gasteiger partial charge in [0.2, 0.25) is 0 Å². The average molecular weight is 371 g/mol. The molecule has 0 radical (unpaired) electrons. The quantitative estimate of drug-likeness (QED) is 0.366. The minimum absolute atomic E-state index is 0.526. The normalized spacial score (nSPS) is 10.6. The van der Waals surface area contributed by atoms with E-state index in [1.165, 1.54) is 0 Å². The third-order valence-corrected chi connectivity index (χ3v) is 4.94. The van der Waals surface area contributed by atoms with E-state index in [1.54, 1.807) is 0 Å². The number of hydrogen-bond donors (Lipinski definition) is 0. The smallest absolute Gasteiger partial charge is 0.172 e. The second-order valence-corrected chi connectivity index (χ2v) is 6.62. The fraction of sp³-hybridized carbons (Fsp3) is 0. The molecule has 0 aliphatic heterocycles. The van der Waals surface area contributed by atoms with Crippen molar-refractivity contribution < 1.29 is 0 Å². The molecule has 3 aromatic carbocycles. The van der Waals surface area contributed by atoms with Gasteiger partial charge in [0.05, 0.1) is 20.9 Å². The predicted molar refractivity (Wildman–Crippen MR) is 114 cm³/mol. The van der Waals surface area contributed by atoms with Gasteiger partial charge < -0.3 is 0 Å². The zero-order valence-electron chi connectivity index (χ0n) is 13.8. The predicted octanol–water partition coefficient (Wildman–Crippen LogP) is 5.16. The maximum absolute atomic E-state index is 5.74. The van der Waals surface area contributed by atoms with Crippen molar-refractivity contribution in [3.05, 3.63) is 108 Å². The zero-order valence-corrected chi connectivity index (χ0v) is 15.4. The maximum atomic E-state index is 5.74. The summed E-state index contributed by atoms with van der Waals surface area (Å²) in [6.07, 6.45) is 0. The van der Waals surface area contributed by atoms with Crippen molar-refractivity contribution in [1.29, 1.82) is 0 Å². The van der Waals surface area contributed by atoms with Crippen LogP contribution in [0.4, 0.5) is 0 Å². The Labute approximate surface area is 162 Å². The summed E-state index contributed by atoms with van der Waals surface area (Å²) in [6.45, 7) is 0. The summed E-state index contributed by atoms with van der Waals surface area (Å²) in [5, 5.41) is 0.931. The molecule has 0 atom stereocenters. The minimum atomic E-state index is 0.526. The van der Waals surface area contributed by atoms with Gasteiger partial charge in [-0.2, -0.15) is 0 Å². The molecule has 0 saturated carbocycles. The number of rotatable bonds is 4. The molecular formula is C22H14N2S2. The van der Waals surface area contributed by atoms with Gasteiger partial charge in [0.25, 0.3) is 0 Å². The van der Waals surface area contributed by atoms with Crippen LogP contribution in [0.2, 0.25) is 0 Å². The Morgan fingerprint density at radius 1 is 0.577 bits per heavy atom. The SMILES string of the molecule is S=C(c1ccccc1)c1nc(C(=S)c2ccccc2)c2ccccc2n1. The molecule has 0 bridgehead atoms. The molecule has 0 fully saturated rings. The van der Waals surface area contributed by atoms with Gasteiger partial charge in [0.1, 0.15) is 0 Å². The fourth-order valence-electron chi connectivity index (χ4n) is 2.80. The van der Waals surface area contributed by atoms with E-state index in [2.05, 4.69) is 4.98 Å². The molecule has 1 aromatic heterocycles. The van der Waals surface area contributed by atoms with E-state index in [4.69, 9.17) is 29.4 Å². The first-order valence-electron chi connectivity index (χ1n) is 8.20. The van der Waals surface area contributed by atoms with Crippen LogP contribution in [0.25, 0.3) is 10.9 Å². The standard InChI is InChI=1S/C22H14N2S2/c25-20(15-9-3-1-4-10-15)19-17-13-7-8-14-18(17)23-22(24-19)21(26)16-11-5-2-6-12-16/h1-14H. The minimum Gasteiger partial charge on any atom is -0.227 e. The number of hydrogen-bond acceptors (Lipinski definition) is 4. The molecule has 2 nitrogen and oxygen atoms in total. The summed E-state index contributed by atoms with van der Waals surface area (Å²) in [4.78, 5) is 10.8. The summed E-state index contributed by atoms with van der Waals surface area (Å²) in [5.41, 5.74) is 3.46. The van der Waals surface area contributed by atoms with Crippen molar-refractivity contribution >= 4 is 45.1 Å². The lowest BCUT2D eigenvalue weighted by Crippen LogP contribution is -2.12. The first kappa shape index (κ1) is 16.6. The van der Waals surface area contributed by atoms with Gasteiger partial charge in [-0.3, -0.25) is 0 Å². The molecule has 0 N–H and O–H groups in total. The van der Waals surface area contributed by atoms with E-state index in [0.717, 1.165) is 27.7 Å². The summed E-state index contributed by atoms with van der Waals surface area (Å²) >= 11 is 11.4. The lowest BCUT2D eigenvalue weighted by Gasteiger charge is -2.11. The molecule has 0 saturated heterocycles. The Hall–Kier alpha value is -2.82. The van der Waals surface area contributed by atoms with E-state index in [0.29, 0.717) is 15.6 Å². The molecule has 0 amide bonds. The highest BCUT2D eigenvalue weighted by atomic mass is 32.1. The van der Waals surface area contributed by atoms with Crippen LogP contribution < -0.4 is 0 Å². The molecule has 1 heterocycles. The highest BCUT2D eigenvalue weighted by Gasteiger charge is 2.16. The van der Waals surface area contributed by atoms with Crippen LogP contribution in [0.3, 0.4) is 0 Å². The third-order valence-electron chi connectivity index (χ3n) is 4.09. The van der Waals surface area contributed by atoms with Gasteiger partial charge in [-0.1, -0.05) is 103 Å². The highest BCUT2D eigenvalue weighted by Crippen LogP contribution is 2.21. The Kier molecular flexibility index (Phi) is 4.61. The Morgan fingerprint density at radius 3 is 1.77 bits per heavy atom. The number of thiocarbonyl (C=S) groups is 2. The van der Waals surface area contributed by atoms with E-state index in [9.17, 15) is 0 Å². The van der Waals surface area contributed by atoms with Gasteiger partial charge >= 0.3 is 0 Å². The first-order chi connectivity index (χ1) is 12.7. The van der Waals surface area contributed by atoms with Crippen LogP contribution in [0.5, 0.6) is 0 Å². The lowest BCUT2D eigenvalue weighted by atomic mass is 10.0. The number of fused-ring (bicyclic) bond motifs is 1. The van der Waals surface area contributed by atoms with Crippen LogP contribution in [0.15, 0.2) is 84.9 Å². The molecule has 124 valence electrons. The fourth-order valence-corrected chi connectivity index (χ4v) is 3.32. The van der Waals surface area contributed by atoms with Crippen molar-refractivity contribution in [3.8, 4) is 0 Å². The molecule has 0 aliphatic rings. The van der Waals surface area contributed by atoms with Crippen LogP contribution in [0, 0.1) is 0 Å². The Balaban J connectivity index is 1.89. The number of nitrogens with zero attached hydrogens (tertiary/aromatic N) is 2. The third kappa shape index (κ3) is 3.17. The van der Waals surface area contributed by atoms with Crippen LogP contribution >= 0.6 is 24.4 Å². The lowest BCUT2D eigenvalue weighted by molar-refractivity contribution is 1.18. The molecule has 4 rings (SSSR count). The van der Waals surface area contributed by atoms with Gasteiger partial charge in [0, 0.05) is 5.39 Å². The van der Waals surface area contributed by atoms with Crippen LogP contribution in [-0.2, 0) is 0 Å². The van der Waals surface area contributed by atoms with Gasteiger partial charge in [-0.25, -0.2) is 9.97 Å². The molecular weight excluding hydrogens is 356 g/mol. The molecule has 26 heavy (non-hydrogen) atoms. The van der Waals surface area contributed by atoms with Gasteiger partial charge in [0.15, 0.2) is 5.82 Å². The van der Waals surface area contributed by atoms with Crippen LogP contribution in [0.1, 0.15) is 22.6 Å². The Bertz CT molecular complexity index is 1110. The Morgan fingerprint density at radius 2 is 1.12 bits per heavy atom. The second kappa shape index (κ2) is 7.20. The first-order valence-corrected chi connectivity index (χ1v) is 9.02. The van der Waals surface area contributed by atoms with E-state index in [1.807, 2.05) is 84.9 Å². The molecule has 0 unspecified atom stereocenters. The van der Waals surface area contributed by atoms with Crippen molar-refractivity contribution in [3.63, 3.8) is 0 Å². The summed E-state index contributed by atoms with van der Waals surface area (Å²) < 4.78 is 0. The second-order valence-electron chi connectivity index (χ2n) is 5.80. The van der Waals surface area contributed by atoms with E-state index < -0.39 is 0 Å². The molecule has 0 aliphatic carbocycles. The summed E-state index contributed by atoms with van der Waals surface area (Å²) in [5.74, 6) is 0.526. The van der Waals surface area contributed by atoms with Gasteiger partial charge in [-0.05, 0) is 17.2 Å². The summed E-state index contributed by atoms with van der Waals surface area (Å²) in [7, 11) is 0. The van der Waals surface area contributed by atoms with E-state index >= 15 is 0 Å².